The smallest absolute Gasteiger partial charge is 0.270 e. The van der Waals surface area contributed by atoms with Crippen LogP contribution < -0.4 is 20.7 Å². The lowest BCUT2D eigenvalue weighted by molar-refractivity contribution is -0.114. The minimum Gasteiger partial charge on any atom is -0.492 e. The number of hydrogen-bond acceptors (Lipinski definition) is 8. The van der Waals surface area contributed by atoms with Crippen LogP contribution in [0.4, 0.5) is 16.5 Å². The maximum atomic E-state index is 12.8. The van der Waals surface area contributed by atoms with E-state index in [1.54, 1.807) is 29.8 Å². The molecule has 10 heteroatoms. The lowest BCUT2D eigenvalue weighted by atomic mass is 10.2. The molecule has 3 aromatic rings. The van der Waals surface area contributed by atoms with Crippen molar-refractivity contribution >= 4 is 51.4 Å². The first-order valence-corrected chi connectivity index (χ1v) is 12.2. The van der Waals surface area contributed by atoms with Crippen molar-refractivity contribution in [2.75, 3.05) is 28.3 Å². The van der Waals surface area contributed by atoms with Crippen molar-refractivity contribution in [2.24, 2.45) is 0 Å². The van der Waals surface area contributed by atoms with Crippen LogP contribution in [-0.2, 0) is 9.59 Å². The van der Waals surface area contributed by atoms with Gasteiger partial charge in [-0.05, 0) is 37.6 Å². The summed E-state index contributed by atoms with van der Waals surface area (Å²) in [5, 5.41) is 20.7. The highest BCUT2D eigenvalue weighted by Gasteiger charge is 2.19. The molecule has 174 valence electrons. The normalized spacial score (nSPS) is 11.1. The summed E-state index contributed by atoms with van der Waals surface area (Å²) in [6, 6.07) is 16.6. The maximum absolute atomic E-state index is 12.8. The number of nitrogens with one attached hydrogen (secondary N) is 3. The topological polar surface area (TPSA) is 116 Å². The second-order valence-corrected chi connectivity index (χ2v) is 8.69. The van der Waals surface area contributed by atoms with E-state index < -0.39 is 5.91 Å². The van der Waals surface area contributed by atoms with Gasteiger partial charge in [0.2, 0.25) is 5.91 Å². The van der Waals surface area contributed by atoms with Gasteiger partial charge in [-0.3, -0.25) is 14.9 Å². The molecule has 3 N–H and O–H groups in total. The predicted octanol–water partition coefficient (Wildman–Crippen LogP) is 5.01. The van der Waals surface area contributed by atoms with Gasteiger partial charge in [-0.15, -0.1) is 11.3 Å². The van der Waals surface area contributed by atoms with Crippen LogP contribution in [0.5, 0.6) is 5.75 Å². The van der Waals surface area contributed by atoms with Gasteiger partial charge in [0, 0.05) is 17.3 Å². The number of aromatic nitrogens is 1. The Morgan fingerprint density at radius 2 is 1.82 bits per heavy atom. The molecule has 0 aliphatic heterocycles. The lowest BCUT2D eigenvalue weighted by Gasteiger charge is -2.15. The van der Waals surface area contributed by atoms with E-state index in [-0.39, 0.29) is 22.3 Å². The molecule has 0 bridgehead atoms. The molecule has 8 nitrogen and oxygen atoms in total. The van der Waals surface area contributed by atoms with Gasteiger partial charge in [0.1, 0.15) is 17.4 Å². The number of carbonyl (C=O) groups excluding carboxylic acids is 2. The van der Waals surface area contributed by atoms with E-state index in [4.69, 9.17) is 4.74 Å². The number of hydrogen-bond donors (Lipinski definition) is 3. The average Bonchev–Trinajstić information content (AvgIpc) is 3.33. The molecular weight excluding hydrogens is 470 g/mol. The number of thioether (sulfide) groups is 1. The number of nitrogens with zero attached hydrogens (tertiary/aromatic N) is 2. The number of anilines is 3. The van der Waals surface area contributed by atoms with Crippen molar-refractivity contribution in [3.05, 3.63) is 76.3 Å². The number of benzene rings is 2. The number of ether oxygens (including phenoxy) is 1. The van der Waals surface area contributed by atoms with Gasteiger partial charge in [0.05, 0.1) is 23.1 Å². The van der Waals surface area contributed by atoms with Gasteiger partial charge in [-0.2, -0.15) is 5.26 Å². The van der Waals surface area contributed by atoms with Crippen molar-refractivity contribution in [3.63, 3.8) is 0 Å². The molecule has 0 aliphatic rings. The number of carbonyl (C=O) groups is 2. The standard InChI is InChI=1S/C24H23N5O3S2/c1-3-32-20-11-7-6-10-19(20)27-21(30)15-34-23(28-18-9-5-4-8-16(18)2)17(14-25)22(31)29-24-26-12-13-33-24/h4-13,28H,3,15H2,1-2H3,(H,27,30)(H,26,29,31)/b23-17+. The van der Waals surface area contributed by atoms with E-state index in [2.05, 4.69) is 20.9 Å². The summed E-state index contributed by atoms with van der Waals surface area (Å²) in [6.07, 6.45) is 1.56. The fourth-order valence-electron chi connectivity index (χ4n) is 2.83. The Morgan fingerprint density at radius 3 is 2.50 bits per heavy atom. The number of amides is 2. The van der Waals surface area contributed by atoms with Crippen LogP contribution in [0.15, 0.2) is 70.7 Å². The number of para-hydroxylation sites is 3. The molecule has 2 amide bonds. The molecule has 1 heterocycles. The first-order valence-electron chi connectivity index (χ1n) is 10.3. The summed E-state index contributed by atoms with van der Waals surface area (Å²) in [7, 11) is 0. The van der Waals surface area contributed by atoms with Gasteiger partial charge < -0.3 is 15.4 Å². The van der Waals surface area contributed by atoms with E-state index in [9.17, 15) is 14.9 Å². The van der Waals surface area contributed by atoms with E-state index >= 15 is 0 Å². The third-order valence-electron chi connectivity index (χ3n) is 4.42. The molecule has 34 heavy (non-hydrogen) atoms. The van der Waals surface area contributed by atoms with Gasteiger partial charge >= 0.3 is 0 Å². The predicted molar refractivity (Wildman–Crippen MR) is 137 cm³/mol. The average molecular weight is 494 g/mol. The van der Waals surface area contributed by atoms with Crippen LogP contribution in [0.2, 0.25) is 0 Å². The highest BCUT2D eigenvalue weighted by molar-refractivity contribution is 8.03. The molecule has 0 atom stereocenters. The second kappa shape index (κ2) is 12.4. The van der Waals surface area contributed by atoms with Crippen molar-refractivity contribution in [1.29, 1.82) is 5.26 Å². The van der Waals surface area contributed by atoms with Crippen molar-refractivity contribution < 1.29 is 14.3 Å². The largest absolute Gasteiger partial charge is 0.492 e. The van der Waals surface area contributed by atoms with Crippen molar-refractivity contribution in [1.82, 2.24) is 4.98 Å². The molecule has 0 spiro atoms. The quantitative estimate of drug-likeness (QED) is 0.269. The van der Waals surface area contributed by atoms with Crippen LogP contribution >= 0.6 is 23.1 Å². The van der Waals surface area contributed by atoms with Gasteiger partial charge in [0.15, 0.2) is 5.13 Å². The summed E-state index contributed by atoms with van der Waals surface area (Å²) < 4.78 is 5.55. The third kappa shape index (κ3) is 6.84. The fourth-order valence-corrected chi connectivity index (χ4v) is 4.17. The number of aryl methyl sites for hydroxylation is 1. The third-order valence-corrected chi connectivity index (χ3v) is 6.11. The summed E-state index contributed by atoms with van der Waals surface area (Å²) in [5.41, 5.74) is 2.05. The molecule has 2 aromatic carbocycles. The molecule has 3 rings (SSSR count). The zero-order chi connectivity index (χ0) is 24.3. The van der Waals surface area contributed by atoms with Crippen LogP contribution in [0, 0.1) is 18.3 Å². The number of rotatable bonds is 10. The van der Waals surface area contributed by atoms with Crippen LogP contribution in [-0.4, -0.2) is 29.2 Å². The number of thiazole rings is 1. The summed E-state index contributed by atoms with van der Waals surface area (Å²) >= 11 is 2.30. The van der Waals surface area contributed by atoms with Gasteiger partial charge in [-0.25, -0.2) is 4.98 Å². The van der Waals surface area contributed by atoms with E-state index in [0.29, 0.717) is 23.2 Å². The molecule has 0 saturated heterocycles. The molecule has 0 radical (unpaired) electrons. The van der Waals surface area contributed by atoms with Gasteiger partial charge in [0.25, 0.3) is 5.91 Å². The monoisotopic (exact) mass is 493 g/mol. The number of nitriles is 1. The molecule has 0 aliphatic carbocycles. The van der Waals surface area contributed by atoms with Gasteiger partial charge in [-0.1, -0.05) is 42.1 Å². The Morgan fingerprint density at radius 1 is 1.09 bits per heavy atom. The SMILES string of the molecule is CCOc1ccccc1NC(=O)CS/C(Nc1ccccc1C)=C(\C#N)C(=O)Nc1nccs1. The Hall–Kier alpha value is -3.81. The Kier molecular flexibility index (Phi) is 9.08. The fraction of sp³-hybridized carbons (Fsp3) is 0.167. The Bertz CT molecular complexity index is 1220. The Balaban J connectivity index is 1.81. The molecular formula is C24H23N5O3S2. The van der Waals surface area contributed by atoms with E-state index in [1.165, 1.54) is 11.3 Å². The summed E-state index contributed by atoms with van der Waals surface area (Å²) in [4.78, 5) is 29.5. The van der Waals surface area contributed by atoms with E-state index in [0.717, 1.165) is 23.0 Å². The minimum absolute atomic E-state index is 0.0373. The van der Waals surface area contributed by atoms with E-state index in [1.807, 2.05) is 50.2 Å². The molecule has 0 saturated carbocycles. The van der Waals surface area contributed by atoms with Crippen LogP contribution in [0.25, 0.3) is 0 Å². The zero-order valence-corrected chi connectivity index (χ0v) is 20.3. The first kappa shape index (κ1) is 24.8. The van der Waals surface area contributed by atoms with Crippen LogP contribution in [0.3, 0.4) is 0 Å². The van der Waals surface area contributed by atoms with Crippen molar-refractivity contribution in [2.45, 2.75) is 13.8 Å². The van der Waals surface area contributed by atoms with Crippen molar-refractivity contribution in [3.8, 4) is 11.8 Å². The maximum Gasteiger partial charge on any atom is 0.270 e. The molecule has 0 fully saturated rings. The first-order chi connectivity index (χ1) is 16.5. The molecule has 0 unspecified atom stereocenters. The molecule has 1 aromatic heterocycles. The summed E-state index contributed by atoms with van der Waals surface area (Å²) in [5.74, 6) is -0.385. The zero-order valence-electron chi connectivity index (χ0n) is 18.6. The second-order valence-electron chi connectivity index (χ2n) is 6.81. The minimum atomic E-state index is -0.608. The Labute approximate surface area is 206 Å². The summed E-state index contributed by atoms with van der Waals surface area (Å²) in [6.45, 7) is 4.24. The lowest BCUT2D eigenvalue weighted by Crippen LogP contribution is -2.19. The highest BCUT2D eigenvalue weighted by Crippen LogP contribution is 2.27. The highest BCUT2D eigenvalue weighted by atomic mass is 32.2. The van der Waals surface area contributed by atoms with Crippen LogP contribution in [0.1, 0.15) is 12.5 Å².